The van der Waals surface area contributed by atoms with Gasteiger partial charge in [0.15, 0.2) is 11.5 Å². The highest BCUT2D eigenvalue weighted by Crippen LogP contribution is 2.36. The minimum absolute atomic E-state index is 0.0153. The average Bonchev–Trinajstić information content (AvgIpc) is 2.64. The number of methoxy groups -OCH3 is 1. The fourth-order valence-electron chi connectivity index (χ4n) is 2.75. The van der Waals surface area contributed by atoms with Gasteiger partial charge in [-0.2, -0.15) is 0 Å². The van der Waals surface area contributed by atoms with E-state index < -0.39 is 0 Å². The van der Waals surface area contributed by atoms with Gasteiger partial charge in [-0.25, -0.2) is 0 Å². The number of hydrogen-bond donors (Lipinski definition) is 0. The summed E-state index contributed by atoms with van der Waals surface area (Å²) in [6.07, 6.45) is 1.71. The predicted octanol–water partition coefficient (Wildman–Crippen LogP) is 5.48. The van der Waals surface area contributed by atoms with Crippen LogP contribution in [0.4, 0.5) is 0 Å². The monoisotopic (exact) mass is 390 g/mol. The summed E-state index contributed by atoms with van der Waals surface area (Å²) < 4.78 is 17.0. The normalized spacial score (nSPS) is 11.2. The SMILES string of the molecule is CCc1ccc(OCCOc2c(Cl)cc(C=O)cc2OC)c(C(C)(C)C)c1. The lowest BCUT2D eigenvalue weighted by molar-refractivity contribution is 0.112. The van der Waals surface area contributed by atoms with Crippen LogP contribution in [0.2, 0.25) is 5.02 Å². The van der Waals surface area contributed by atoms with Crippen LogP contribution in [0.3, 0.4) is 0 Å². The highest BCUT2D eigenvalue weighted by atomic mass is 35.5. The molecule has 0 bridgehead atoms. The Balaban J connectivity index is 2.07. The number of halogens is 1. The Kier molecular flexibility index (Phi) is 7.14. The molecule has 0 aliphatic heterocycles. The molecule has 4 nitrogen and oxygen atoms in total. The van der Waals surface area contributed by atoms with Crippen molar-refractivity contribution >= 4 is 17.9 Å². The predicted molar refractivity (Wildman–Crippen MR) is 109 cm³/mol. The van der Waals surface area contributed by atoms with Crippen LogP contribution in [0.1, 0.15) is 49.2 Å². The van der Waals surface area contributed by atoms with E-state index in [2.05, 4.69) is 39.8 Å². The van der Waals surface area contributed by atoms with Crippen molar-refractivity contribution in [1.29, 1.82) is 0 Å². The molecule has 5 heteroatoms. The van der Waals surface area contributed by atoms with Gasteiger partial charge in [0.1, 0.15) is 25.2 Å². The van der Waals surface area contributed by atoms with Crippen LogP contribution >= 0.6 is 11.6 Å². The highest BCUT2D eigenvalue weighted by Gasteiger charge is 2.19. The van der Waals surface area contributed by atoms with Crippen LogP contribution in [0.25, 0.3) is 0 Å². The van der Waals surface area contributed by atoms with Gasteiger partial charge < -0.3 is 14.2 Å². The van der Waals surface area contributed by atoms with Gasteiger partial charge in [0.05, 0.1) is 12.1 Å². The van der Waals surface area contributed by atoms with Crippen LogP contribution < -0.4 is 14.2 Å². The molecule has 0 aliphatic carbocycles. The molecule has 0 fully saturated rings. The Bertz CT molecular complexity index is 794. The summed E-state index contributed by atoms with van der Waals surface area (Å²) in [6.45, 7) is 9.32. The molecular weight excluding hydrogens is 364 g/mol. The van der Waals surface area contributed by atoms with Gasteiger partial charge in [-0.15, -0.1) is 0 Å². The molecule has 2 aromatic carbocycles. The molecule has 0 radical (unpaired) electrons. The molecule has 0 spiro atoms. The molecule has 0 amide bonds. The van der Waals surface area contributed by atoms with Crippen LogP contribution in [0, 0.1) is 0 Å². The lowest BCUT2D eigenvalue weighted by Crippen LogP contribution is -2.16. The van der Waals surface area contributed by atoms with E-state index in [0.29, 0.717) is 35.3 Å². The molecule has 146 valence electrons. The van der Waals surface area contributed by atoms with Gasteiger partial charge in [0, 0.05) is 5.56 Å². The summed E-state index contributed by atoms with van der Waals surface area (Å²) in [5.74, 6) is 1.69. The van der Waals surface area contributed by atoms with E-state index in [1.54, 1.807) is 12.1 Å². The zero-order chi connectivity index (χ0) is 20.0. The minimum Gasteiger partial charge on any atom is -0.493 e. The second kappa shape index (κ2) is 9.14. The molecule has 0 heterocycles. The average molecular weight is 391 g/mol. The minimum atomic E-state index is -0.0153. The third-order valence-electron chi connectivity index (χ3n) is 4.24. The van der Waals surface area contributed by atoms with Crippen LogP contribution in [-0.4, -0.2) is 26.6 Å². The number of hydrogen-bond acceptors (Lipinski definition) is 4. The molecule has 27 heavy (non-hydrogen) atoms. The molecule has 0 aromatic heterocycles. The molecule has 2 aromatic rings. The highest BCUT2D eigenvalue weighted by molar-refractivity contribution is 6.32. The topological polar surface area (TPSA) is 44.8 Å². The standard InChI is InChI=1S/C22H27ClO4/c1-6-15-7-8-19(17(11-15)22(2,3)4)26-9-10-27-21-18(23)12-16(14-24)13-20(21)25-5/h7-8,11-14H,6,9-10H2,1-5H3. The maximum atomic E-state index is 10.9. The van der Waals surface area contributed by atoms with Gasteiger partial charge in [-0.1, -0.05) is 51.4 Å². The summed E-state index contributed by atoms with van der Waals surface area (Å²) in [6, 6.07) is 9.45. The van der Waals surface area contributed by atoms with Crippen molar-refractivity contribution in [2.75, 3.05) is 20.3 Å². The van der Waals surface area contributed by atoms with Gasteiger partial charge in [0.2, 0.25) is 0 Å². The zero-order valence-corrected chi connectivity index (χ0v) is 17.4. The Hall–Kier alpha value is -2.20. The second-order valence-electron chi connectivity index (χ2n) is 7.28. The van der Waals surface area contributed by atoms with Gasteiger partial charge in [-0.3, -0.25) is 4.79 Å². The number of aryl methyl sites for hydroxylation is 1. The van der Waals surface area contributed by atoms with Gasteiger partial charge in [0.25, 0.3) is 0 Å². The Morgan fingerprint density at radius 3 is 2.33 bits per heavy atom. The fraction of sp³-hybridized carbons (Fsp3) is 0.409. The number of aldehydes is 1. The third-order valence-corrected chi connectivity index (χ3v) is 4.52. The van der Waals surface area contributed by atoms with Crippen LogP contribution in [-0.2, 0) is 11.8 Å². The first-order valence-corrected chi connectivity index (χ1v) is 9.39. The third kappa shape index (κ3) is 5.39. The Morgan fingerprint density at radius 1 is 1.04 bits per heavy atom. The molecule has 0 saturated heterocycles. The van der Waals surface area contributed by atoms with Crippen LogP contribution in [0.15, 0.2) is 30.3 Å². The van der Waals surface area contributed by atoms with E-state index in [0.717, 1.165) is 18.5 Å². The lowest BCUT2D eigenvalue weighted by atomic mass is 9.85. The number of carbonyl (C=O) groups excluding carboxylic acids is 1. The van der Waals surface area contributed by atoms with E-state index in [-0.39, 0.29) is 5.41 Å². The summed E-state index contributed by atoms with van der Waals surface area (Å²) in [5, 5.41) is 0.333. The molecule has 0 saturated carbocycles. The van der Waals surface area contributed by atoms with Crippen molar-refractivity contribution in [3.8, 4) is 17.2 Å². The van der Waals surface area contributed by atoms with Crippen LogP contribution in [0.5, 0.6) is 17.2 Å². The summed E-state index contributed by atoms with van der Waals surface area (Å²) >= 11 is 6.20. The molecule has 2 rings (SSSR count). The number of benzene rings is 2. The second-order valence-corrected chi connectivity index (χ2v) is 7.69. The van der Waals surface area contributed by atoms with Crippen molar-refractivity contribution in [2.24, 2.45) is 0 Å². The van der Waals surface area contributed by atoms with Crippen molar-refractivity contribution in [3.05, 3.63) is 52.0 Å². The van der Waals surface area contributed by atoms with Crippen molar-refractivity contribution in [1.82, 2.24) is 0 Å². The van der Waals surface area contributed by atoms with Crippen molar-refractivity contribution in [2.45, 2.75) is 39.5 Å². The Morgan fingerprint density at radius 2 is 1.74 bits per heavy atom. The molecule has 0 aliphatic rings. The molecule has 0 N–H and O–H groups in total. The summed E-state index contributed by atoms with van der Waals surface area (Å²) in [5.41, 5.74) is 2.88. The van der Waals surface area contributed by atoms with E-state index in [1.807, 2.05) is 6.07 Å². The molecule has 0 atom stereocenters. The summed E-state index contributed by atoms with van der Waals surface area (Å²) in [7, 11) is 1.51. The smallest absolute Gasteiger partial charge is 0.179 e. The zero-order valence-electron chi connectivity index (χ0n) is 16.6. The largest absolute Gasteiger partial charge is 0.493 e. The van der Waals surface area contributed by atoms with Crippen molar-refractivity contribution < 1.29 is 19.0 Å². The first-order valence-electron chi connectivity index (χ1n) is 9.01. The molecular formula is C22H27ClO4. The van der Waals surface area contributed by atoms with E-state index >= 15 is 0 Å². The lowest BCUT2D eigenvalue weighted by Gasteiger charge is -2.24. The molecule has 0 unspecified atom stereocenters. The van der Waals surface area contributed by atoms with E-state index in [4.69, 9.17) is 25.8 Å². The fourth-order valence-corrected chi connectivity index (χ4v) is 3.03. The number of ether oxygens (including phenoxy) is 3. The van der Waals surface area contributed by atoms with Gasteiger partial charge in [-0.05, 0) is 41.2 Å². The van der Waals surface area contributed by atoms with Gasteiger partial charge >= 0.3 is 0 Å². The first-order chi connectivity index (χ1) is 12.8. The maximum Gasteiger partial charge on any atom is 0.179 e. The van der Waals surface area contributed by atoms with E-state index in [9.17, 15) is 4.79 Å². The first kappa shape index (κ1) is 21.1. The number of carbonyl (C=O) groups is 1. The van der Waals surface area contributed by atoms with Crippen molar-refractivity contribution in [3.63, 3.8) is 0 Å². The van der Waals surface area contributed by atoms with E-state index in [1.165, 1.54) is 18.2 Å². The quantitative estimate of drug-likeness (QED) is 0.442. The number of rotatable bonds is 8. The Labute approximate surface area is 166 Å². The maximum absolute atomic E-state index is 10.9. The summed E-state index contributed by atoms with van der Waals surface area (Å²) in [4.78, 5) is 10.9.